The van der Waals surface area contributed by atoms with E-state index in [1.165, 1.54) is 0 Å². The minimum absolute atomic E-state index is 0.0509. The standard InChI is InChI=1S/C16H12N6/c17-7-6-12-13(8-18)15(20)22-16(14(12)9-19)21-10-11-4-2-1-3-5-11/h1-5H,6,10H2,(H3,20,21,22)/p+1. The first-order chi connectivity index (χ1) is 10.7. The van der Waals surface area contributed by atoms with Gasteiger partial charge in [-0.2, -0.15) is 15.8 Å². The summed E-state index contributed by atoms with van der Waals surface area (Å²) in [7, 11) is 0. The maximum Gasteiger partial charge on any atom is 0.238 e. The van der Waals surface area contributed by atoms with Crippen molar-refractivity contribution in [3.63, 3.8) is 0 Å². The van der Waals surface area contributed by atoms with Crippen LogP contribution in [0.25, 0.3) is 0 Å². The first-order valence-corrected chi connectivity index (χ1v) is 6.53. The molecule has 0 amide bonds. The summed E-state index contributed by atoms with van der Waals surface area (Å²) in [6.45, 7) is 0.489. The quantitative estimate of drug-likeness (QED) is 0.882. The first kappa shape index (κ1) is 14.8. The molecule has 22 heavy (non-hydrogen) atoms. The third-order valence-corrected chi connectivity index (χ3v) is 3.17. The number of anilines is 2. The van der Waals surface area contributed by atoms with Gasteiger partial charge in [-0.25, -0.2) is 4.98 Å². The zero-order valence-corrected chi connectivity index (χ0v) is 11.7. The molecule has 4 N–H and O–H groups in total. The van der Waals surface area contributed by atoms with Crippen LogP contribution in [-0.2, 0) is 13.0 Å². The average Bonchev–Trinajstić information content (AvgIpc) is 2.54. The Morgan fingerprint density at radius 2 is 1.73 bits per heavy atom. The second kappa shape index (κ2) is 6.74. The molecule has 0 aliphatic carbocycles. The Bertz CT molecular complexity index is 806. The van der Waals surface area contributed by atoms with Crippen LogP contribution in [0, 0.1) is 34.0 Å². The molecular formula is C16H13N6+. The highest BCUT2D eigenvalue weighted by Crippen LogP contribution is 2.22. The number of hydrogen-bond acceptors (Lipinski definition) is 5. The van der Waals surface area contributed by atoms with Crippen molar-refractivity contribution in [1.82, 2.24) is 0 Å². The maximum atomic E-state index is 9.36. The smallest absolute Gasteiger partial charge is 0.238 e. The topological polar surface area (TPSA) is 124 Å². The number of nitrogens with two attached hydrogens (primary N) is 1. The zero-order valence-electron chi connectivity index (χ0n) is 11.7. The zero-order chi connectivity index (χ0) is 15.9. The SMILES string of the molecule is N#CCc1c(C#N)c(N)[nH+]c(NCc2ccccc2)c1C#N. The van der Waals surface area contributed by atoms with Crippen LogP contribution < -0.4 is 16.0 Å². The number of benzene rings is 1. The molecular weight excluding hydrogens is 276 g/mol. The average molecular weight is 289 g/mol. The molecule has 0 aliphatic heterocycles. The summed E-state index contributed by atoms with van der Waals surface area (Å²) in [6, 6.07) is 15.6. The summed E-state index contributed by atoms with van der Waals surface area (Å²) in [4.78, 5) is 2.83. The van der Waals surface area contributed by atoms with E-state index >= 15 is 0 Å². The van der Waals surface area contributed by atoms with E-state index < -0.39 is 0 Å². The second-order valence-electron chi connectivity index (χ2n) is 4.54. The van der Waals surface area contributed by atoms with E-state index in [-0.39, 0.29) is 23.4 Å². The van der Waals surface area contributed by atoms with Crippen LogP contribution in [0.1, 0.15) is 22.3 Å². The van der Waals surface area contributed by atoms with Crippen LogP contribution in [0.3, 0.4) is 0 Å². The fourth-order valence-corrected chi connectivity index (χ4v) is 2.12. The van der Waals surface area contributed by atoms with Crippen LogP contribution in [0.4, 0.5) is 11.6 Å². The van der Waals surface area contributed by atoms with Gasteiger partial charge in [0.05, 0.1) is 19.0 Å². The Labute approximate surface area is 128 Å². The molecule has 0 saturated carbocycles. The van der Waals surface area contributed by atoms with Crippen molar-refractivity contribution in [2.45, 2.75) is 13.0 Å². The van der Waals surface area contributed by atoms with Gasteiger partial charge in [0.2, 0.25) is 11.6 Å². The number of rotatable bonds is 4. The number of pyridine rings is 1. The maximum absolute atomic E-state index is 9.36. The summed E-state index contributed by atoms with van der Waals surface area (Å²) in [6.07, 6.45) is -0.0509. The van der Waals surface area contributed by atoms with Crippen molar-refractivity contribution in [3.8, 4) is 18.2 Å². The molecule has 2 rings (SSSR count). The fraction of sp³-hybridized carbons (Fsp3) is 0.125. The van der Waals surface area contributed by atoms with Gasteiger partial charge in [-0.1, -0.05) is 30.3 Å². The minimum Gasteiger partial charge on any atom is -0.318 e. The van der Waals surface area contributed by atoms with Crippen molar-refractivity contribution >= 4 is 11.6 Å². The van der Waals surface area contributed by atoms with Gasteiger partial charge in [0.15, 0.2) is 0 Å². The van der Waals surface area contributed by atoms with E-state index in [4.69, 9.17) is 16.3 Å². The van der Waals surface area contributed by atoms with Gasteiger partial charge in [-0.05, 0) is 5.56 Å². The molecule has 1 heterocycles. The number of H-pyrrole nitrogens is 1. The van der Waals surface area contributed by atoms with E-state index in [9.17, 15) is 5.26 Å². The summed E-state index contributed by atoms with van der Waals surface area (Å²) in [5.74, 6) is 0.551. The summed E-state index contributed by atoms with van der Waals surface area (Å²) in [5, 5.41) is 30.5. The second-order valence-corrected chi connectivity index (χ2v) is 4.54. The van der Waals surface area contributed by atoms with E-state index in [1.54, 1.807) is 0 Å². The van der Waals surface area contributed by atoms with E-state index in [1.807, 2.05) is 48.5 Å². The lowest BCUT2D eigenvalue weighted by Crippen LogP contribution is -2.22. The molecule has 1 aromatic carbocycles. The molecule has 0 bridgehead atoms. The highest BCUT2D eigenvalue weighted by atomic mass is 15.0. The lowest BCUT2D eigenvalue weighted by atomic mass is 10.0. The molecule has 0 aliphatic rings. The highest BCUT2D eigenvalue weighted by Gasteiger charge is 2.21. The largest absolute Gasteiger partial charge is 0.318 e. The molecule has 0 unspecified atom stereocenters. The van der Waals surface area contributed by atoms with Crippen molar-refractivity contribution < 1.29 is 4.98 Å². The Balaban J connectivity index is 2.42. The van der Waals surface area contributed by atoms with Gasteiger partial charge in [-0.3, -0.25) is 0 Å². The number of aromatic amines is 1. The number of nitrogen functional groups attached to an aromatic ring is 1. The molecule has 0 radical (unpaired) electrons. The van der Waals surface area contributed by atoms with Gasteiger partial charge < -0.3 is 11.1 Å². The Kier molecular flexibility index (Phi) is 4.55. The third kappa shape index (κ3) is 2.95. The van der Waals surface area contributed by atoms with E-state index in [0.717, 1.165) is 5.56 Å². The van der Waals surface area contributed by atoms with Crippen molar-refractivity contribution in [2.75, 3.05) is 11.1 Å². The Morgan fingerprint density at radius 1 is 1.05 bits per heavy atom. The van der Waals surface area contributed by atoms with Gasteiger partial charge in [0.25, 0.3) is 0 Å². The normalized spacial score (nSPS) is 9.32. The molecule has 106 valence electrons. The predicted molar refractivity (Wildman–Crippen MR) is 79.9 cm³/mol. The van der Waals surface area contributed by atoms with Crippen molar-refractivity contribution in [3.05, 3.63) is 52.6 Å². The summed E-state index contributed by atoms with van der Waals surface area (Å²) in [5.41, 5.74) is 7.58. The minimum atomic E-state index is -0.0509. The number of nitriles is 3. The molecule has 0 spiro atoms. The van der Waals surface area contributed by atoms with Gasteiger partial charge in [0, 0.05) is 5.56 Å². The molecule has 2 aromatic rings. The van der Waals surface area contributed by atoms with Crippen LogP contribution >= 0.6 is 0 Å². The van der Waals surface area contributed by atoms with Gasteiger partial charge in [0.1, 0.15) is 23.3 Å². The Hall–Kier alpha value is -3.56. The van der Waals surface area contributed by atoms with Gasteiger partial charge in [-0.15, -0.1) is 0 Å². The third-order valence-electron chi connectivity index (χ3n) is 3.17. The van der Waals surface area contributed by atoms with E-state index in [0.29, 0.717) is 17.9 Å². The fourth-order valence-electron chi connectivity index (χ4n) is 2.12. The molecule has 0 atom stereocenters. The predicted octanol–water partition coefficient (Wildman–Crippen LogP) is 1.50. The number of nitrogens with zero attached hydrogens (tertiary/aromatic N) is 3. The monoisotopic (exact) mass is 289 g/mol. The van der Waals surface area contributed by atoms with Crippen LogP contribution in [-0.4, -0.2) is 0 Å². The first-order valence-electron chi connectivity index (χ1n) is 6.53. The molecule has 1 aromatic heterocycles. The Morgan fingerprint density at radius 3 is 2.32 bits per heavy atom. The molecule has 6 heteroatoms. The lowest BCUT2D eigenvalue weighted by molar-refractivity contribution is -0.344. The molecule has 6 nitrogen and oxygen atoms in total. The van der Waals surface area contributed by atoms with E-state index in [2.05, 4.69) is 10.3 Å². The summed E-state index contributed by atoms with van der Waals surface area (Å²) >= 11 is 0. The number of aromatic nitrogens is 1. The number of hydrogen-bond donors (Lipinski definition) is 2. The van der Waals surface area contributed by atoms with Crippen molar-refractivity contribution in [1.29, 1.82) is 15.8 Å². The van der Waals surface area contributed by atoms with Crippen LogP contribution in [0.5, 0.6) is 0 Å². The number of nitrogens with one attached hydrogen (secondary N) is 2. The molecule has 0 fully saturated rings. The summed E-state index contributed by atoms with van der Waals surface area (Å²) < 4.78 is 0. The van der Waals surface area contributed by atoms with Crippen LogP contribution in [0.15, 0.2) is 30.3 Å². The van der Waals surface area contributed by atoms with Crippen LogP contribution in [0.2, 0.25) is 0 Å². The van der Waals surface area contributed by atoms with Crippen molar-refractivity contribution in [2.24, 2.45) is 0 Å². The highest BCUT2D eigenvalue weighted by molar-refractivity contribution is 5.63. The lowest BCUT2D eigenvalue weighted by Gasteiger charge is -2.09. The van der Waals surface area contributed by atoms with Gasteiger partial charge >= 0.3 is 0 Å². The molecule has 0 saturated heterocycles.